The van der Waals surface area contributed by atoms with Gasteiger partial charge in [-0.05, 0) is 0 Å². The summed E-state index contributed by atoms with van der Waals surface area (Å²) in [4.78, 5) is 13.9. The molecule has 0 aliphatic rings. The van der Waals surface area contributed by atoms with Gasteiger partial charge in [-0.1, -0.05) is 6.92 Å². The van der Waals surface area contributed by atoms with Gasteiger partial charge in [-0.3, -0.25) is 10.2 Å². The van der Waals surface area contributed by atoms with Crippen molar-refractivity contribution in [2.45, 2.75) is 19.5 Å². The molecule has 0 unspecified atom stereocenters. The molecule has 0 bridgehead atoms. The molecule has 0 atom stereocenters. The number of hydrogen-bond acceptors (Lipinski definition) is 2. The van der Waals surface area contributed by atoms with Crippen LogP contribution in [0.25, 0.3) is 0 Å². The van der Waals surface area contributed by atoms with E-state index in [2.05, 4.69) is 10.4 Å². The average Bonchev–Trinajstić information content (AvgIpc) is 2.51. The molecule has 1 amide bonds. The molecule has 0 saturated carbocycles. The van der Waals surface area contributed by atoms with Crippen molar-refractivity contribution in [3.05, 3.63) is 18.2 Å². The molecule has 0 aromatic carbocycles. The van der Waals surface area contributed by atoms with Gasteiger partial charge < -0.3 is 0 Å². The average molecular weight is 207 g/mol. The molecule has 0 spiro atoms. The highest BCUT2D eigenvalue weighted by Crippen LogP contribution is 2.26. The summed E-state index contributed by atoms with van der Waals surface area (Å²) in [5.41, 5.74) is 1.17. The summed E-state index contributed by atoms with van der Waals surface area (Å²) in [5, 5.41) is 0. The number of carbonyl (C=O) groups excluding carboxylic acids is 1. The van der Waals surface area contributed by atoms with E-state index in [0.29, 0.717) is 6.20 Å². The normalized spacial score (nSPS) is 11.4. The van der Waals surface area contributed by atoms with Gasteiger partial charge in [0, 0.05) is 6.42 Å². The number of nitrogens with zero attached hydrogens (tertiary/aromatic N) is 2. The lowest BCUT2D eigenvalue weighted by atomic mass is 10.5. The summed E-state index contributed by atoms with van der Waals surface area (Å²) in [7, 11) is 0. The van der Waals surface area contributed by atoms with Crippen molar-refractivity contribution in [1.82, 2.24) is 9.66 Å². The highest BCUT2D eigenvalue weighted by Gasteiger charge is 2.33. The van der Waals surface area contributed by atoms with E-state index < -0.39 is 11.9 Å². The van der Waals surface area contributed by atoms with Gasteiger partial charge in [0.15, 0.2) is 5.69 Å². The smallest absolute Gasteiger partial charge is 0.273 e. The molecule has 4 nitrogen and oxygen atoms in total. The first-order chi connectivity index (χ1) is 6.43. The predicted molar refractivity (Wildman–Crippen MR) is 41.9 cm³/mol. The van der Waals surface area contributed by atoms with E-state index in [-0.39, 0.29) is 12.3 Å². The van der Waals surface area contributed by atoms with Crippen molar-refractivity contribution < 1.29 is 18.0 Å². The van der Waals surface area contributed by atoms with Gasteiger partial charge in [0.2, 0.25) is 5.91 Å². The number of rotatable bonds is 2. The number of carbonyl (C=O) groups is 1. The zero-order valence-corrected chi connectivity index (χ0v) is 7.30. The zero-order chi connectivity index (χ0) is 10.8. The molecule has 1 N–H and O–H groups in total. The maximum absolute atomic E-state index is 12.0. The topological polar surface area (TPSA) is 46.9 Å². The molecular weight excluding hydrogens is 199 g/mol. The van der Waals surface area contributed by atoms with Gasteiger partial charge in [0.1, 0.15) is 6.33 Å². The van der Waals surface area contributed by atoms with Crippen molar-refractivity contribution in [2.24, 2.45) is 0 Å². The molecule has 0 fully saturated rings. The van der Waals surface area contributed by atoms with E-state index in [1.807, 2.05) is 0 Å². The minimum absolute atomic E-state index is 0.194. The van der Waals surface area contributed by atoms with Crippen LogP contribution in [0, 0.1) is 0 Å². The number of aromatic nitrogens is 2. The largest absolute Gasteiger partial charge is 0.434 e. The monoisotopic (exact) mass is 207 g/mol. The third-order valence-electron chi connectivity index (χ3n) is 1.45. The Morgan fingerprint density at radius 1 is 1.64 bits per heavy atom. The third kappa shape index (κ3) is 2.48. The Morgan fingerprint density at radius 3 is 2.71 bits per heavy atom. The lowest BCUT2D eigenvalue weighted by Gasteiger charge is -2.02. The molecule has 1 aromatic rings. The highest BCUT2D eigenvalue weighted by molar-refractivity contribution is 5.83. The van der Waals surface area contributed by atoms with Gasteiger partial charge in [-0.15, -0.1) is 0 Å². The second kappa shape index (κ2) is 3.69. The minimum Gasteiger partial charge on any atom is -0.273 e. The van der Waals surface area contributed by atoms with E-state index in [9.17, 15) is 18.0 Å². The van der Waals surface area contributed by atoms with Crippen molar-refractivity contribution in [3.63, 3.8) is 0 Å². The Hall–Kier alpha value is -1.53. The van der Waals surface area contributed by atoms with Crippen LogP contribution in [0.4, 0.5) is 13.2 Å². The molecule has 0 aliphatic heterocycles. The number of amides is 1. The van der Waals surface area contributed by atoms with Crippen LogP contribution in [0.1, 0.15) is 19.0 Å². The first-order valence-electron chi connectivity index (χ1n) is 3.84. The number of hydrogen-bond donors (Lipinski definition) is 1. The zero-order valence-electron chi connectivity index (χ0n) is 7.30. The van der Waals surface area contributed by atoms with E-state index in [4.69, 9.17) is 0 Å². The van der Waals surface area contributed by atoms with Gasteiger partial charge in [0.25, 0.3) is 0 Å². The van der Waals surface area contributed by atoms with Crippen LogP contribution in [-0.2, 0) is 11.0 Å². The van der Waals surface area contributed by atoms with E-state index in [1.165, 1.54) is 0 Å². The van der Waals surface area contributed by atoms with Crippen molar-refractivity contribution in [3.8, 4) is 0 Å². The fourth-order valence-corrected chi connectivity index (χ4v) is 0.753. The van der Waals surface area contributed by atoms with Crippen LogP contribution in [0.15, 0.2) is 12.5 Å². The van der Waals surface area contributed by atoms with Crippen LogP contribution >= 0.6 is 0 Å². The molecule has 0 aliphatic carbocycles. The van der Waals surface area contributed by atoms with Crippen molar-refractivity contribution in [2.75, 3.05) is 5.43 Å². The Labute approximate surface area is 77.7 Å². The summed E-state index contributed by atoms with van der Waals surface area (Å²) in [6.45, 7) is 1.59. The SMILES string of the molecule is CCC(=O)Nn1cnc(C(F)(F)F)c1. The first-order valence-corrected chi connectivity index (χ1v) is 3.84. The van der Waals surface area contributed by atoms with Crippen molar-refractivity contribution in [1.29, 1.82) is 0 Å². The van der Waals surface area contributed by atoms with Gasteiger partial charge in [-0.2, -0.15) is 13.2 Å². The molecule has 1 heterocycles. The molecule has 1 rings (SSSR count). The summed E-state index contributed by atoms with van der Waals surface area (Å²) in [5.74, 6) is -0.379. The summed E-state index contributed by atoms with van der Waals surface area (Å²) >= 11 is 0. The molecule has 14 heavy (non-hydrogen) atoms. The van der Waals surface area contributed by atoms with Crippen molar-refractivity contribution >= 4 is 5.91 Å². The molecule has 7 heteroatoms. The summed E-state index contributed by atoms with van der Waals surface area (Å²) in [6.07, 6.45) is -2.67. The lowest BCUT2D eigenvalue weighted by molar-refractivity contribution is -0.141. The Bertz CT molecular complexity index is 331. The fraction of sp³-hybridized carbons (Fsp3) is 0.429. The number of alkyl halides is 3. The van der Waals surface area contributed by atoms with Crippen LogP contribution in [0.3, 0.4) is 0 Å². The maximum atomic E-state index is 12.0. The van der Waals surface area contributed by atoms with Gasteiger partial charge in [-0.25, -0.2) is 9.66 Å². The van der Waals surface area contributed by atoms with Crippen LogP contribution in [0.2, 0.25) is 0 Å². The van der Waals surface area contributed by atoms with Crippen LogP contribution < -0.4 is 5.43 Å². The quantitative estimate of drug-likeness (QED) is 0.796. The Balaban J connectivity index is 2.74. The Kier molecular flexibility index (Phi) is 2.78. The minimum atomic E-state index is -4.48. The first kappa shape index (κ1) is 10.6. The molecule has 1 aromatic heterocycles. The number of imidazole rings is 1. The Morgan fingerprint density at radius 2 is 2.29 bits per heavy atom. The summed E-state index contributed by atoms with van der Waals surface area (Å²) < 4.78 is 37.0. The van der Waals surface area contributed by atoms with Gasteiger partial charge in [0.05, 0.1) is 6.20 Å². The number of nitrogens with one attached hydrogen (secondary N) is 1. The van der Waals surface area contributed by atoms with E-state index in [0.717, 1.165) is 11.0 Å². The van der Waals surface area contributed by atoms with Crippen LogP contribution in [-0.4, -0.2) is 15.6 Å². The lowest BCUT2D eigenvalue weighted by Crippen LogP contribution is -2.20. The van der Waals surface area contributed by atoms with E-state index in [1.54, 1.807) is 6.92 Å². The second-order valence-corrected chi connectivity index (χ2v) is 2.55. The molecular formula is C7H8F3N3O. The predicted octanol–water partition coefficient (Wildman–Crippen LogP) is 1.38. The molecule has 0 saturated heterocycles. The standard InChI is InChI=1S/C7H8F3N3O/c1-2-6(14)12-13-3-5(11-4-13)7(8,9)10/h3-4H,2H2,1H3,(H,12,14). The van der Waals surface area contributed by atoms with Gasteiger partial charge >= 0.3 is 6.18 Å². The van der Waals surface area contributed by atoms with E-state index >= 15 is 0 Å². The molecule has 78 valence electrons. The summed E-state index contributed by atoms with van der Waals surface area (Å²) in [6, 6.07) is 0. The maximum Gasteiger partial charge on any atom is 0.434 e. The van der Waals surface area contributed by atoms with Crippen LogP contribution in [0.5, 0.6) is 0 Å². The highest BCUT2D eigenvalue weighted by atomic mass is 19.4. The fourth-order valence-electron chi connectivity index (χ4n) is 0.753. The third-order valence-corrected chi connectivity index (χ3v) is 1.45. The molecule has 0 radical (unpaired) electrons. The second-order valence-electron chi connectivity index (χ2n) is 2.55. The number of halogens is 3.